The molecule has 2 saturated heterocycles. The minimum atomic E-state index is -0.599. The van der Waals surface area contributed by atoms with Crippen LogP contribution in [-0.4, -0.2) is 83.1 Å². The molecule has 272 valence electrons. The molecule has 0 spiro atoms. The molecule has 3 aliphatic carbocycles. The van der Waals surface area contributed by atoms with E-state index in [4.69, 9.17) is 33.2 Å². The Morgan fingerprint density at radius 1 is 0.857 bits per heavy atom. The number of ether oxygens (including phenoxy) is 7. The molecule has 6 rings (SSSR count). The third-order valence-electron chi connectivity index (χ3n) is 12.6. The van der Waals surface area contributed by atoms with Crippen LogP contribution in [0.25, 0.3) is 0 Å². The van der Waals surface area contributed by atoms with Crippen molar-refractivity contribution < 1.29 is 42.7 Å². The third kappa shape index (κ3) is 7.25. The fourth-order valence-corrected chi connectivity index (χ4v) is 10.3. The minimum Gasteiger partial charge on any atom is -0.497 e. The number of rotatable bonds is 8. The van der Waals surface area contributed by atoms with E-state index in [1.807, 2.05) is 19.1 Å². The number of ketones is 1. The van der Waals surface area contributed by atoms with Crippen molar-refractivity contribution in [1.29, 1.82) is 0 Å². The number of hydrogen-bond donors (Lipinski definition) is 0. The van der Waals surface area contributed by atoms with E-state index in [-0.39, 0.29) is 96.0 Å². The van der Waals surface area contributed by atoms with E-state index < -0.39 is 12.4 Å². The van der Waals surface area contributed by atoms with Gasteiger partial charge in [0.25, 0.3) is 0 Å². The summed E-state index contributed by atoms with van der Waals surface area (Å²) in [5.41, 5.74) is 1.12. The lowest BCUT2D eigenvalue weighted by Gasteiger charge is -2.44. The largest absolute Gasteiger partial charge is 0.497 e. The highest BCUT2D eigenvalue weighted by molar-refractivity contribution is 5.86. The number of carbonyl (C=O) groups excluding carboxylic acids is 2. The molecule has 0 N–H and O–H groups in total. The predicted molar refractivity (Wildman–Crippen MR) is 184 cm³/mol. The van der Waals surface area contributed by atoms with Crippen molar-refractivity contribution in [2.75, 3.05) is 28.4 Å². The number of esters is 1. The number of carbonyl (C=O) groups is 2. The molecule has 0 amide bonds. The first-order chi connectivity index (χ1) is 23.7. The maximum atomic E-state index is 14.7. The van der Waals surface area contributed by atoms with Gasteiger partial charge >= 0.3 is 5.97 Å². The molecular formula is C40H58O9. The molecule has 2 saturated carbocycles. The number of benzene rings is 1. The molecular weight excluding hydrogens is 624 g/mol. The van der Waals surface area contributed by atoms with Gasteiger partial charge in [0, 0.05) is 39.6 Å². The first kappa shape index (κ1) is 36.5. The van der Waals surface area contributed by atoms with E-state index in [0.29, 0.717) is 0 Å². The Labute approximate surface area is 292 Å². The zero-order valence-corrected chi connectivity index (χ0v) is 30.5. The van der Waals surface area contributed by atoms with Crippen LogP contribution < -0.4 is 4.74 Å². The molecule has 0 bridgehead atoms. The van der Waals surface area contributed by atoms with Gasteiger partial charge in [0.1, 0.15) is 35.9 Å². The Morgan fingerprint density at radius 2 is 1.61 bits per heavy atom. The van der Waals surface area contributed by atoms with Crippen LogP contribution in [0.15, 0.2) is 36.4 Å². The molecule has 9 heteroatoms. The Bertz CT molecular complexity index is 1310. The van der Waals surface area contributed by atoms with Gasteiger partial charge in [-0.25, -0.2) is 0 Å². The highest BCUT2D eigenvalue weighted by Gasteiger charge is 2.60. The van der Waals surface area contributed by atoms with Gasteiger partial charge < -0.3 is 33.2 Å². The quantitative estimate of drug-likeness (QED) is 0.224. The van der Waals surface area contributed by atoms with Gasteiger partial charge in [-0.15, -0.1) is 0 Å². The summed E-state index contributed by atoms with van der Waals surface area (Å²) in [6.07, 6.45) is 9.04. The molecule has 2 heterocycles. The SMILES string of the molecule is CC[C@H]1CCCC[C@@H](C)C(=O)C2C(c3cccc(OC)c3)C3[C@@H]4C[C@H](OC5OC(C)C(OC)C(OC)C5OC)CC4C=C[C@H]3[C@@H]2CC(=O)O1. The van der Waals surface area contributed by atoms with E-state index in [1.54, 1.807) is 28.4 Å². The second-order valence-electron chi connectivity index (χ2n) is 15.2. The second kappa shape index (κ2) is 15.9. The molecule has 9 nitrogen and oxygen atoms in total. The number of fused-ring (bicyclic) bond motifs is 5. The Morgan fingerprint density at radius 3 is 2.33 bits per heavy atom. The fraction of sp³-hybridized carbons (Fsp3) is 0.750. The fourth-order valence-electron chi connectivity index (χ4n) is 10.3. The molecule has 1 aromatic carbocycles. The number of cyclic esters (lactones) is 1. The lowest BCUT2D eigenvalue weighted by atomic mass is 9.67. The van der Waals surface area contributed by atoms with Crippen LogP contribution >= 0.6 is 0 Å². The molecule has 49 heavy (non-hydrogen) atoms. The Balaban J connectivity index is 1.33. The topological polar surface area (TPSA) is 98.8 Å². The number of Topliss-reactive ketones (excluding diaryl/α,β-unsaturated/α-hetero) is 1. The van der Waals surface area contributed by atoms with Crippen molar-refractivity contribution in [2.45, 2.75) is 121 Å². The van der Waals surface area contributed by atoms with Crippen molar-refractivity contribution >= 4 is 11.8 Å². The summed E-state index contributed by atoms with van der Waals surface area (Å²) in [5, 5.41) is 0. The van der Waals surface area contributed by atoms with Gasteiger partial charge in [0.15, 0.2) is 6.29 Å². The predicted octanol–water partition coefficient (Wildman–Crippen LogP) is 6.52. The average Bonchev–Trinajstić information content (AvgIpc) is 3.66. The summed E-state index contributed by atoms with van der Waals surface area (Å²) in [4.78, 5) is 28.4. The maximum absolute atomic E-state index is 14.7. The van der Waals surface area contributed by atoms with Crippen molar-refractivity contribution in [2.24, 2.45) is 41.4 Å². The van der Waals surface area contributed by atoms with Crippen LogP contribution in [-0.2, 0) is 38.0 Å². The van der Waals surface area contributed by atoms with Crippen molar-refractivity contribution in [3.63, 3.8) is 0 Å². The first-order valence-electron chi connectivity index (χ1n) is 18.7. The molecule has 1 aromatic rings. The van der Waals surface area contributed by atoms with E-state index in [0.717, 1.165) is 56.3 Å². The van der Waals surface area contributed by atoms with Crippen molar-refractivity contribution in [3.8, 4) is 5.75 Å². The Kier molecular flexibility index (Phi) is 11.9. The van der Waals surface area contributed by atoms with Crippen LogP contribution in [0.1, 0.15) is 83.6 Å². The lowest BCUT2D eigenvalue weighted by molar-refractivity contribution is -0.314. The van der Waals surface area contributed by atoms with E-state index in [1.165, 1.54) is 0 Å². The molecule has 5 aliphatic rings. The second-order valence-corrected chi connectivity index (χ2v) is 15.2. The summed E-state index contributed by atoms with van der Waals surface area (Å²) < 4.78 is 42.4. The van der Waals surface area contributed by atoms with Crippen LogP contribution in [0.2, 0.25) is 0 Å². The third-order valence-corrected chi connectivity index (χ3v) is 12.6. The Hall–Kier alpha value is -2.30. The van der Waals surface area contributed by atoms with Crippen molar-refractivity contribution in [3.05, 3.63) is 42.0 Å². The smallest absolute Gasteiger partial charge is 0.306 e. The van der Waals surface area contributed by atoms with Gasteiger partial charge in [-0.2, -0.15) is 0 Å². The van der Waals surface area contributed by atoms with Crippen LogP contribution in [0.3, 0.4) is 0 Å². The summed E-state index contributed by atoms with van der Waals surface area (Å²) in [6, 6.07) is 8.25. The highest BCUT2D eigenvalue weighted by Crippen LogP contribution is 2.62. The summed E-state index contributed by atoms with van der Waals surface area (Å²) in [5.74, 6) is 1.15. The molecule has 2 aliphatic heterocycles. The van der Waals surface area contributed by atoms with E-state index >= 15 is 0 Å². The van der Waals surface area contributed by atoms with Crippen LogP contribution in [0.5, 0.6) is 5.75 Å². The summed E-state index contributed by atoms with van der Waals surface area (Å²) >= 11 is 0. The van der Waals surface area contributed by atoms with Crippen LogP contribution in [0, 0.1) is 41.4 Å². The van der Waals surface area contributed by atoms with E-state index in [9.17, 15) is 9.59 Å². The van der Waals surface area contributed by atoms with Gasteiger partial charge in [-0.3, -0.25) is 9.59 Å². The zero-order valence-electron chi connectivity index (χ0n) is 30.5. The molecule has 0 radical (unpaired) electrons. The summed E-state index contributed by atoms with van der Waals surface area (Å²) in [7, 11) is 6.68. The zero-order chi connectivity index (χ0) is 34.8. The van der Waals surface area contributed by atoms with Gasteiger partial charge in [0.2, 0.25) is 0 Å². The first-order valence-corrected chi connectivity index (χ1v) is 18.7. The summed E-state index contributed by atoms with van der Waals surface area (Å²) in [6.45, 7) is 6.17. The maximum Gasteiger partial charge on any atom is 0.306 e. The van der Waals surface area contributed by atoms with Gasteiger partial charge in [-0.05, 0) is 98.7 Å². The standard InChI is InChI=1S/C40H58O9/c1-8-26-14-10-9-12-22(2)36(42)35-31(21-32(41)48-26)29-17-16-24-18-28(49-40-39(46-7)38(45-6)37(44-5)23(3)47-40)20-30(24)34(29)33(35)25-13-11-15-27(19-25)43-4/h11,13,15-17,19,22-24,26,28-31,33-35,37-40H,8-10,12,14,18,20-21H2,1-7H3/t22-,23?,24?,26+,28-,29+,30-,31+,33?,34?,35?,37?,38?,39?,40?/m1/s1. The van der Waals surface area contributed by atoms with Gasteiger partial charge in [0.05, 0.1) is 19.3 Å². The lowest BCUT2D eigenvalue weighted by Crippen LogP contribution is -2.59. The molecule has 9 unspecified atom stereocenters. The number of methoxy groups -OCH3 is 4. The van der Waals surface area contributed by atoms with Gasteiger partial charge in [-0.1, -0.05) is 44.6 Å². The normalized spacial score (nSPS) is 42.7. The average molecular weight is 683 g/mol. The highest BCUT2D eigenvalue weighted by atomic mass is 16.7. The monoisotopic (exact) mass is 682 g/mol. The number of hydrogen-bond acceptors (Lipinski definition) is 9. The minimum absolute atomic E-state index is 0.0491. The van der Waals surface area contributed by atoms with Crippen molar-refractivity contribution in [1.82, 2.24) is 0 Å². The molecule has 0 aromatic heterocycles. The van der Waals surface area contributed by atoms with Crippen LogP contribution in [0.4, 0.5) is 0 Å². The molecule has 15 atom stereocenters. The number of allylic oxidation sites excluding steroid dienone is 2. The van der Waals surface area contributed by atoms with E-state index in [2.05, 4.69) is 38.1 Å². The molecule has 4 fully saturated rings.